The molecule has 0 aliphatic carbocycles. The lowest BCUT2D eigenvalue weighted by atomic mass is 9.80. The molecule has 1 amide bonds. The van der Waals surface area contributed by atoms with Crippen molar-refractivity contribution in [3.63, 3.8) is 0 Å². The van der Waals surface area contributed by atoms with Crippen LogP contribution in [0.4, 0.5) is 5.69 Å². The maximum absolute atomic E-state index is 13.2. The molecule has 6 heteroatoms. The van der Waals surface area contributed by atoms with E-state index in [9.17, 15) is 4.79 Å². The fourth-order valence-electron chi connectivity index (χ4n) is 5.03. The predicted octanol–water partition coefficient (Wildman–Crippen LogP) is 4.24. The molecule has 0 unspecified atom stereocenters. The van der Waals surface area contributed by atoms with Gasteiger partial charge in [-0.15, -0.1) is 0 Å². The molecule has 0 atom stereocenters. The number of likely N-dealkylation sites (tertiary alicyclic amines) is 1. The van der Waals surface area contributed by atoms with Crippen molar-refractivity contribution in [3.05, 3.63) is 63.7 Å². The molecule has 2 aliphatic rings. The molecule has 2 aromatic rings. The zero-order chi connectivity index (χ0) is 21.7. The van der Waals surface area contributed by atoms with Gasteiger partial charge in [0.25, 0.3) is 5.91 Å². The lowest BCUT2D eigenvalue weighted by Crippen LogP contribution is -2.62. The number of carbonyl (C=O) groups excluding carboxylic acids is 1. The molecule has 160 valence electrons. The standard InChI is InChI=1S/C24H30ClN3O2/c1-16-19(7-6-8-21(16)25)24(14-27(4)15-24)26-17-9-10-20-18(13-17)22(29)28(11-12-30-5)23(20,2)3/h6-10,13,26H,11-12,14-15H2,1-5H3. The number of anilines is 1. The van der Waals surface area contributed by atoms with Crippen LogP contribution in [-0.4, -0.2) is 56.1 Å². The molecule has 4 rings (SSSR count). The number of methoxy groups -OCH3 is 1. The monoisotopic (exact) mass is 427 g/mol. The molecule has 30 heavy (non-hydrogen) atoms. The van der Waals surface area contributed by atoms with Crippen molar-refractivity contribution in [2.24, 2.45) is 0 Å². The lowest BCUT2D eigenvalue weighted by molar-refractivity contribution is 0.0522. The Labute approximate surface area is 184 Å². The highest BCUT2D eigenvalue weighted by Crippen LogP contribution is 2.42. The van der Waals surface area contributed by atoms with Crippen molar-refractivity contribution in [3.8, 4) is 0 Å². The minimum atomic E-state index is -0.346. The van der Waals surface area contributed by atoms with Gasteiger partial charge in [0, 0.05) is 43.0 Å². The number of amides is 1. The van der Waals surface area contributed by atoms with Gasteiger partial charge in [-0.25, -0.2) is 0 Å². The van der Waals surface area contributed by atoms with E-state index in [1.54, 1.807) is 7.11 Å². The molecule has 0 bridgehead atoms. The maximum atomic E-state index is 13.2. The lowest BCUT2D eigenvalue weighted by Gasteiger charge is -2.50. The fraction of sp³-hybridized carbons (Fsp3) is 0.458. The van der Waals surface area contributed by atoms with Gasteiger partial charge in [-0.3, -0.25) is 4.79 Å². The summed E-state index contributed by atoms with van der Waals surface area (Å²) in [6.45, 7) is 9.12. The van der Waals surface area contributed by atoms with E-state index in [1.807, 2.05) is 23.1 Å². The van der Waals surface area contributed by atoms with Crippen LogP contribution in [-0.2, 0) is 15.8 Å². The van der Waals surface area contributed by atoms with Gasteiger partial charge in [0.1, 0.15) is 0 Å². The third-order valence-electron chi connectivity index (χ3n) is 6.59. The molecular formula is C24H30ClN3O2. The molecule has 0 saturated carbocycles. The molecule has 2 aliphatic heterocycles. The first-order chi connectivity index (χ1) is 14.2. The van der Waals surface area contributed by atoms with Crippen molar-refractivity contribution < 1.29 is 9.53 Å². The Kier molecular flexibility index (Phi) is 5.33. The Bertz CT molecular complexity index is 982. The van der Waals surface area contributed by atoms with Gasteiger partial charge in [0.15, 0.2) is 0 Å². The van der Waals surface area contributed by atoms with Gasteiger partial charge < -0.3 is 19.9 Å². The van der Waals surface area contributed by atoms with Gasteiger partial charge in [0.05, 0.1) is 17.7 Å². The van der Waals surface area contributed by atoms with Crippen LogP contribution in [0.25, 0.3) is 0 Å². The Morgan fingerprint density at radius 1 is 1.17 bits per heavy atom. The highest BCUT2D eigenvalue weighted by atomic mass is 35.5. The Hall–Kier alpha value is -2.08. The van der Waals surface area contributed by atoms with Crippen molar-refractivity contribution in [2.75, 3.05) is 45.7 Å². The number of halogens is 1. The van der Waals surface area contributed by atoms with E-state index < -0.39 is 0 Å². The van der Waals surface area contributed by atoms with E-state index in [2.05, 4.69) is 56.2 Å². The number of fused-ring (bicyclic) bond motifs is 1. The Morgan fingerprint density at radius 3 is 2.57 bits per heavy atom. The van der Waals surface area contributed by atoms with E-state index in [-0.39, 0.29) is 17.0 Å². The summed E-state index contributed by atoms with van der Waals surface area (Å²) in [4.78, 5) is 17.3. The van der Waals surface area contributed by atoms with Crippen LogP contribution in [0.2, 0.25) is 5.02 Å². The molecular weight excluding hydrogens is 398 g/mol. The smallest absolute Gasteiger partial charge is 0.255 e. The summed E-state index contributed by atoms with van der Waals surface area (Å²) in [7, 11) is 3.78. The van der Waals surface area contributed by atoms with Crippen molar-refractivity contribution in [2.45, 2.75) is 31.8 Å². The molecule has 1 N–H and O–H groups in total. The van der Waals surface area contributed by atoms with E-state index in [0.717, 1.165) is 40.5 Å². The second-order valence-corrected chi connectivity index (χ2v) is 9.47. The molecule has 0 spiro atoms. The largest absolute Gasteiger partial charge is 0.383 e. The van der Waals surface area contributed by atoms with Crippen LogP contribution in [0, 0.1) is 6.92 Å². The Morgan fingerprint density at radius 2 is 1.90 bits per heavy atom. The number of hydrogen-bond donors (Lipinski definition) is 1. The van der Waals surface area contributed by atoms with E-state index in [0.29, 0.717) is 13.2 Å². The van der Waals surface area contributed by atoms with E-state index >= 15 is 0 Å². The first-order valence-electron chi connectivity index (χ1n) is 10.4. The summed E-state index contributed by atoms with van der Waals surface area (Å²) in [5.41, 5.74) is 4.54. The number of ether oxygens (including phenoxy) is 1. The number of likely N-dealkylation sites (N-methyl/N-ethyl adjacent to an activating group) is 1. The average Bonchev–Trinajstić information content (AvgIpc) is 2.86. The quantitative estimate of drug-likeness (QED) is 0.749. The number of nitrogens with one attached hydrogen (secondary N) is 1. The summed E-state index contributed by atoms with van der Waals surface area (Å²) in [5, 5.41) is 4.53. The number of nitrogens with zero attached hydrogens (tertiary/aromatic N) is 2. The molecule has 2 heterocycles. The van der Waals surface area contributed by atoms with Crippen molar-refractivity contribution >= 4 is 23.2 Å². The Balaban J connectivity index is 1.68. The molecule has 0 radical (unpaired) electrons. The van der Waals surface area contributed by atoms with Gasteiger partial charge >= 0.3 is 0 Å². The SMILES string of the molecule is COCCN1C(=O)c2cc(NC3(c4cccc(Cl)c4C)CN(C)C3)ccc2C1(C)C. The molecule has 0 aromatic heterocycles. The minimum Gasteiger partial charge on any atom is -0.383 e. The zero-order valence-corrected chi connectivity index (χ0v) is 19.1. The number of rotatable bonds is 6. The predicted molar refractivity (Wildman–Crippen MR) is 121 cm³/mol. The third kappa shape index (κ3) is 3.29. The topological polar surface area (TPSA) is 44.8 Å². The highest BCUT2D eigenvalue weighted by Gasteiger charge is 2.45. The summed E-state index contributed by atoms with van der Waals surface area (Å²) < 4.78 is 5.21. The second-order valence-electron chi connectivity index (χ2n) is 9.06. The number of benzene rings is 2. The highest BCUT2D eigenvalue weighted by molar-refractivity contribution is 6.31. The first kappa shape index (κ1) is 21.2. The minimum absolute atomic E-state index is 0.0643. The van der Waals surface area contributed by atoms with Crippen LogP contribution < -0.4 is 5.32 Å². The van der Waals surface area contributed by atoms with Crippen molar-refractivity contribution in [1.29, 1.82) is 0 Å². The van der Waals surface area contributed by atoms with Gasteiger partial charge in [-0.05, 0) is 62.7 Å². The van der Waals surface area contributed by atoms with Gasteiger partial charge in [0.2, 0.25) is 0 Å². The van der Waals surface area contributed by atoms with Crippen LogP contribution in [0.15, 0.2) is 36.4 Å². The second kappa shape index (κ2) is 7.56. The molecule has 1 saturated heterocycles. The molecule has 5 nitrogen and oxygen atoms in total. The summed E-state index contributed by atoms with van der Waals surface area (Å²) in [6.07, 6.45) is 0. The van der Waals surface area contributed by atoms with Crippen LogP contribution in [0.5, 0.6) is 0 Å². The summed E-state index contributed by atoms with van der Waals surface area (Å²) in [5.74, 6) is 0.0643. The number of hydrogen-bond acceptors (Lipinski definition) is 4. The number of carbonyl (C=O) groups is 1. The normalized spacial score (nSPS) is 19.5. The zero-order valence-electron chi connectivity index (χ0n) is 18.4. The van der Waals surface area contributed by atoms with Gasteiger partial charge in [-0.1, -0.05) is 29.8 Å². The third-order valence-corrected chi connectivity index (χ3v) is 7.00. The van der Waals surface area contributed by atoms with E-state index in [1.165, 1.54) is 5.56 Å². The fourth-order valence-corrected chi connectivity index (χ4v) is 5.21. The van der Waals surface area contributed by atoms with Gasteiger partial charge in [-0.2, -0.15) is 0 Å². The van der Waals surface area contributed by atoms with Crippen LogP contribution >= 0.6 is 11.6 Å². The first-order valence-corrected chi connectivity index (χ1v) is 10.8. The van der Waals surface area contributed by atoms with E-state index in [4.69, 9.17) is 16.3 Å². The van der Waals surface area contributed by atoms with Crippen LogP contribution in [0.3, 0.4) is 0 Å². The molecule has 2 aromatic carbocycles. The van der Waals surface area contributed by atoms with Crippen molar-refractivity contribution in [1.82, 2.24) is 9.80 Å². The van der Waals surface area contributed by atoms with Crippen LogP contribution in [0.1, 0.15) is 40.9 Å². The summed E-state index contributed by atoms with van der Waals surface area (Å²) in [6, 6.07) is 12.3. The molecule has 1 fully saturated rings. The summed E-state index contributed by atoms with van der Waals surface area (Å²) >= 11 is 6.42. The maximum Gasteiger partial charge on any atom is 0.255 e. The average molecular weight is 428 g/mol.